The van der Waals surface area contributed by atoms with Gasteiger partial charge in [-0.1, -0.05) is 31.5 Å². The first kappa shape index (κ1) is 17.9. The minimum Gasteiger partial charge on any atom is -0.468 e. The lowest BCUT2D eigenvalue weighted by atomic mass is 10.1. The van der Waals surface area contributed by atoms with E-state index in [0.29, 0.717) is 11.6 Å². The minimum absolute atomic E-state index is 0.241. The van der Waals surface area contributed by atoms with Crippen molar-refractivity contribution in [2.45, 2.75) is 19.9 Å². The van der Waals surface area contributed by atoms with E-state index >= 15 is 0 Å². The first-order valence-electron chi connectivity index (χ1n) is 7.01. The van der Waals surface area contributed by atoms with Crippen molar-refractivity contribution in [1.29, 1.82) is 0 Å². The maximum absolute atomic E-state index is 14.0. The molecular weight excluding hydrogens is 295 g/mol. The molecule has 0 aliphatic rings. The lowest BCUT2D eigenvalue weighted by Crippen LogP contribution is -2.37. The number of nitrogens with one attached hydrogen (secondary N) is 1. The lowest BCUT2D eigenvalue weighted by molar-refractivity contribution is -0.143. The van der Waals surface area contributed by atoms with Crippen molar-refractivity contribution in [2.75, 3.05) is 33.3 Å². The molecular formula is C15H22ClFN2O2. The largest absolute Gasteiger partial charge is 0.468 e. The van der Waals surface area contributed by atoms with E-state index in [4.69, 9.17) is 16.3 Å². The van der Waals surface area contributed by atoms with Gasteiger partial charge in [-0.15, -0.1) is 0 Å². The van der Waals surface area contributed by atoms with Crippen molar-refractivity contribution in [1.82, 2.24) is 10.2 Å². The molecule has 6 heteroatoms. The molecule has 0 saturated heterocycles. The van der Waals surface area contributed by atoms with Crippen LogP contribution in [0.4, 0.5) is 4.39 Å². The van der Waals surface area contributed by atoms with Crippen molar-refractivity contribution in [3.63, 3.8) is 0 Å². The van der Waals surface area contributed by atoms with Gasteiger partial charge in [-0.3, -0.25) is 5.32 Å². The number of halogens is 2. The second-order valence-electron chi connectivity index (χ2n) is 4.60. The van der Waals surface area contributed by atoms with Gasteiger partial charge >= 0.3 is 5.97 Å². The molecule has 0 heterocycles. The molecule has 0 bridgehead atoms. The average Bonchev–Trinajstić information content (AvgIpc) is 2.48. The van der Waals surface area contributed by atoms with E-state index in [1.54, 1.807) is 6.07 Å². The van der Waals surface area contributed by atoms with Crippen LogP contribution in [0.15, 0.2) is 18.2 Å². The Morgan fingerprint density at radius 3 is 2.62 bits per heavy atom. The lowest BCUT2D eigenvalue weighted by Gasteiger charge is -2.21. The summed E-state index contributed by atoms with van der Waals surface area (Å²) in [5.74, 6) is -1.04. The van der Waals surface area contributed by atoms with Crippen LogP contribution in [0.25, 0.3) is 0 Å². The van der Waals surface area contributed by atoms with Gasteiger partial charge in [0, 0.05) is 23.7 Å². The number of benzene rings is 1. The third kappa shape index (κ3) is 5.26. The average molecular weight is 317 g/mol. The zero-order chi connectivity index (χ0) is 15.8. The summed E-state index contributed by atoms with van der Waals surface area (Å²) in [4.78, 5) is 14.1. The van der Waals surface area contributed by atoms with Crippen LogP contribution in [0.1, 0.15) is 25.5 Å². The van der Waals surface area contributed by atoms with Gasteiger partial charge in [-0.05, 0) is 25.2 Å². The highest BCUT2D eigenvalue weighted by Crippen LogP contribution is 2.21. The summed E-state index contributed by atoms with van der Waals surface area (Å²) >= 11 is 5.74. The Kier molecular flexibility index (Phi) is 7.64. The highest BCUT2D eigenvalue weighted by atomic mass is 35.5. The van der Waals surface area contributed by atoms with Crippen LogP contribution < -0.4 is 5.32 Å². The molecule has 1 aromatic rings. The molecule has 0 fully saturated rings. The second-order valence-corrected chi connectivity index (χ2v) is 5.04. The number of methoxy groups -OCH3 is 1. The SMILES string of the molecule is CCN(CC)CCNC(C(=O)OC)c1ccc(Cl)cc1F. The smallest absolute Gasteiger partial charge is 0.327 e. The topological polar surface area (TPSA) is 41.6 Å². The van der Waals surface area contributed by atoms with E-state index in [1.165, 1.54) is 19.2 Å². The fourth-order valence-electron chi connectivity index (χ4n) is 2.08. The van der Waals surface area contributed by atoms with Crippen molar-refractivity contribution in [2.24, 2.45) is 0 Å². The van der Waals surface area contributed by atoms with Gasteiger partial charge in [0.25, 0.3) is 0 Å². The first-order valence-corrected chi connectivity index (χ1v) is 7.39. The Labute approximate surface area is 130 Å². The number of nitrogens with zero attached hydrogens (tertiary/aromatic N) is 1. The molecule has 1 atom stereocenters. The number of hydrogen-bond donors (Lipinski definition) is 1. The Morgan fingerprint density at radius 2 is 2.10 bits per heavy atom. The first-order chi connectivity index (χ1) is 10.0. The molecule has 21 heavy (non-hydrogen) atoms. The van der Waals surface area contributed by atoms with Crippen LogP contribution in [0, 0.1) is 5.82 Å². The van der Waals surface area contributed by atoms with Gasteiger partial charge in [0.1, 0.15) is 11.9 Å². The predicted molar refractivity (Wildman–Crippen MR) is 82.0 cm³/mol. The van der Waals surface area contributed by atoms with Crippen molar-refractivity contribution < 1.29 is 13.9 Å². The quantitative estimate of drug-likeness (QED) is 0.749. The van der Waals surface area contributed by atoms with Gasteiger partial charge in [0.15, 0.2) is 0 Å². The second kappa shape index (κ2) is 8.97. The van der Waals surface area contributed by atoms with Gasteiger partial charge in [0.05, 0.1) is 7.11 Å². The van der Waals surface area contributed by atoms with Crippen LogP contribution in [-0.2, 0) is 9.53 Å². The third-order valence-electron chi connectivity index (χ3n) is 3.38. The molecule has 0 saturated carbocycles. The van der Waals surface area contributed by atoms with E-state index in [9.17, 15) is 9.18 Å². The van der Waals surface area contributed by atoms with Crippen molar-refractivity contribution >= 4 is 17.6 Å². The standard InChI is InChI=1S/C15H22ClFN2O2/c1-4-19(5-2)9-8-18-14(15(20)21-3)12-7-6-11(16)10-13(12)17/h6-7,10,14,18H,4-5,8-9H2,1-3H3. The van der Waals surface area contributed by atoms with Gasteiger partial charge < -0.3 is 9.64 Å². The van der Waals surface area contributed by atoms with Crippen LogP contribution >= 0.6 is 11.6 Å². The normalized spacial score (nSPS) is 12.5. The molecule has 0 aliphatic carbocycles. The summed E-state index contributed by atoms with van der Waals surface area (Å²) in [5, 5.41) is 3.34. The van der Waals surface area contributed by atoms with Crippen LogP contribution in [0.3, 0.4) is 0 Å². The predicted octanol–water partition coefficient (Wildman–Crippen LogP) is 2.62. The van der Waals surface area contributed by atoms with Crippen LogP contribution in [-0.4, -0.2) is 44.2 Å². The molecule has 0 spiro atoms. The maximum Gasteiger partial charge on any atom is 0.327 e. The summed E-state index contributed by atoms with van der Waals surface area (Å²) in [6.45, 7) is 7.33. The molecule has 1 rings (SSSR count). The fraction of sp³-hybridized carbons (Fsp3) is 0.533. The maximum atomic E-state index is 14.0. The molecule has 1 N–H and O–H groups in total. The van der Waals surface area contributed by atoms with Gasteiger partial charge in [-0.2, -0.15) is 0 Å². The van der Waals surface area contributed by atoms with Crippen LogP contribution in [0.5, 0.6) is 0 Å². The highest BCUT2D eigenvalue weighted by Gasteiger charge is 2.24. The number of carbonyl (C=O) groups excluding carboxylic acids is 1. The summed E-state index contributed by atoms with van der Waals surface area (Å²) in [5.41, 5.74) is 0.241. The minimum atomic E-state index is -0.831. The summed E-state index contributed by atoms with van der Waals surface area (Å²) < 4.78 is 18.7. The summed E-state index contributed by atoms with van der Waals surface area (Å²) in [6.07, 6.45) is 0. The number of ether oxygens (including phenoxy) is 1. The zero-order valence-corrected chi connectivity index (χ0v) is 13.4. The monoisotopic (exact) mass is 316 g/mol. The van der Waals surface area contributed by atoms with Gasteiger partial charge in [-0.25, -0.2) is 9.18 Å². The highest BCUT2D eigenvalue weighted by molar-refractivity contribution is 6.30. The molecule has 0 radical (unpaired) electrons. The van der Waals surface area contributed by atoms with E-state index in [-0.39, 0.29) is 5.56 Å². The van der Waals surface area contributed by atoms with Crippen LogP contribution in [0.2, 0.25) is 5.02 Å². The third-order valence-corrected chi connectivity index (χ3v) is 3.62. The number of likely N-dealkylation sites (N-methyl/N-ethyl adjacent to an activating group) is 1. The Hall–Kier alpha value is -1.17. The number of esters is 1. The summed E-state index contributed by atoms with van der Waals surface area (Å²) in [7, 11) is 1.29. The molecule has 1 unspecified atom stereocenters. The van der Waals surface area contributed by atoms with E-state index in [0.717, 1.165) is 19.6 Å². The van der Waals surface area contributed by atoms with Crippen molar-refractivity contribution in [3.8, 4) is 0 Å². The molecule has 118 valence electrons. The van der Waals surface area contributed by atoms with Crippen molar-refractivity contribution in [3.05, 3.63) is 34.6 Å². The van der Waals surface area contributed by atoms with Gasteiger partial charge in [0.2, 0.25) is 0 Å². The molecule has 0 amide bonds. The van der Waals surface area contributed by atoms with E-state index in [2.05, 4.69) is 24.1 Å². The number of rotatable bonds is 8. The number of hydrogen-bond acceptors (Lipinski definition) is 4. The Bertz CT molecular complexity index is 467. The number of carbonyl (C=O) groups is 1. The zero-order valence-electron chi connectivity index (χ0n) is 12.7. The molecule has 0 aromatic heterocycles. The molecule has 0 aliphatic heterocycles. The molecule has 1 aromatic carbocycles. The fourth-order valence-corrected chi connectivity index (χ4v) is 2.24. The van der Waals surface area contributed by atoms with E-state index < -0.39 is 17.8 Å². The van der Waals surface area contributed by atoms with E-state index in [1.807, 2.05) is 0 Å². The summed E-state index contributed by atoms with van der Waals surface area (Å²) in [6, 6.07) is 3.42. The Balaban J connectivity index is 2.79. The Morgan fingerprint density at radius 1 is 1.43 bits per heavy atom. The molecule has 4 nitrogen and oxygen atoms in total.